The average molecular weight is 446 g/mol. The lowest BCUT2D eigenvalue weighted by atomic mass is 9.98. The summed E-state index contributed by atoms with van der Waals surface area (Å²) in [4.78, 5) is 23.0. The fourth-order valence-corrected chi connectivity index (χ4v) is 4.99. The van der Waals surface area contributed by atoms with Crippen LogP contribution in [-0.4, -0.2) is 29.2 Å². The number of hydrogen-bond acceptors (Lipinski definition) is 7. The van der Waals surface area contributed by atoms with Crippen molar-refractivity contribution in [2.24, 2.45) is 0 Å². The zero-order valence-corrected chi connectivity index (χ0v) is 18.8. The van der Waals surface area contributed by atoms with Crippen LogP contribution in [0.25, 0.3) is 10.2 Å². The Labute approximate surface area is 184 Å². The van der Waals surface area contributed by atoms with Crippen molar-refractivity contribution in [2.45, 2.75) is 52.1 Å². The quantitative estimate of drug-likeness (QED) is 0.471. The van der Waals surface area contributed by atoms with Crippen LogP contribution >= 0.6 is 22.9 Å². The van der Waals surface area contributed by atoms with Gasteiger partial charge in [-0.3, -0.25) is 0 Å². The SMILES string of the molecule is COc1cc(Cl)c(C)cc1Nc1ncnc2sc(C(=O)OC3CCCCC3)c(C)c12. The number of nitrogens with one attached hydrogen (secondary N) is 1. The van der Waals surface area contributed by atoms with Gasteiger partial charge in [-0.2, -0.15) is 0 Å². The Morgan fingerprint density at radius 1 is 1.20 bits per heavy atom. The highest BCUT2D eigenvalue weighted by Gasteiger charge is 2.24. The Bertz CT molecular complexity index is 1090. The van der Waals surface area contributed by atoms with Crippen molar-refractivity contribution in [1.29, 1.82) is 0 Å². The summed E-state index contributed by atoms with van der Waals surface area (Å²) in [6, 6.07) is 3.68. The van der Waals surface area contributed by atoms with Gasteiger partial charge in [0.15, 0.2) is 0 Å². The number of nitrogens with zero attached hydrogens (tertiary/aromatic N) is 2. The summed E-state index contributed by atoms with van der Waals surface area (Å²) in [5.41, 5.74) is 2.49. The van der Waals surface area contributed by atoms with Crippen LogP contribution in [0.5, 0.6) is 5.75 Å². The second-order valence-corrected chi connectivity index (χ2v) is 8.96. The van der Waals surface area contributed by atoms with Crippen molar-refractivity contribution in [3.05, 3.63) is 39.5 Å². The number of thiophene rings is 1. The molecule has 0 radical (unpaired) electrons. The van der Waals surface area contributed by atoms with Crippen LogP contribution in [0, 0.1) is 13.8 Å². The second-order valence-electron chi connectivity index (χ2n) is 7.55. The van der Waals surface area contributed by atoms with Gasteiger partial charge in [0, 0.05) is 11.1 Å². The Balaban J connectivity index is 1.67. The monoisotopic (exact) mass is 445 g/mol. The van der Waals surface area contributed by atoms with E-state index in [1.807, 2.05) is 19.9 Å². The number of methoxy groups -OCH3 is 1. The standard InChI is InChI=1S/C22H24ClN3O3S/c1-12-9-16(17(28-3)10-15(12)23)26-20-18-13(2)19(30-21(18)25-11-24-20)22(27)29-14-7-5-4-6-8-14/h9-11,14H,4-8H2,1-3H3,(H,24,25,26). The molecular formula is C22H24ClN3O3S. The number of carbonyl (C=O) groups excluding carboxylic acids is 1. The first-order valence-corrected chi connectivity index (χ1v) is 11.2. The number of aryl methyl sites for hydroxylation is 2. The lowest BCUT2D eigenvalue weighted by molar-refractivity contribution is 0.0216. The summed E-state index contributed by atoms with van der Waals surface area (Å²) in [7, 11) is 1.59. The van der Waals surface area contributed by atoms with E-state index in [9.17, 15) is 4.79 Å². The van der Waals surface area contributed by atoms with Crippen molar-refractivity contribution < 1.29 is 14.3 Å². The Hall–Kier alpha value is -2.38. The molecule has 1 fully saturated rings. The minimum atomic E-state index is -0.270. The van der Waals surface area contributed by atoms with E-state index in [1.54, 1.807) is 13.2 Å². The first kappa shape index (κ1) is 20.9. The molecule has 0 aliphatic heterocycles. The number of aromatic nitrogens is 2. The topological polar surface area (TPSA) is 73.3 Å². The van der Waals surface area contributed by atoms with E-state index in [2.05, 4.69) is 15.3 Å². The molecule has 1 aromatic carbocycles. The summed E-state index contributed by atoms with van der Waals surface area (Å²) in [5, 5.41) is 4.77. The maximum atomic E-state index is 12.8. The van der Waals surface area contributed by atoms with Gasteiger partial charge in [0.1, 0.15) is 33.7 Å². The van der Waals surface area contributed by atoms with Crippen LogP contribution in [0.4, 0.5) is 11.5 Å². The molecule has 6 nitrogen and oxygen atoms in total. The van der Waals surface area contributed by atoms with Crippen LogP contribution in [0.2, 0.25) is 5.02 Å². The molecule has 30 heavy (non-hydrogen) atoms. The summed E-state index contributed by atoms with van der Waals surface area (Å²) in [6.07, 6.45) is 6.84. The van der Waals surface area contributed by atoms with Gasteiger partial charge in [-0.1, -0.05) is 18.0 Å². The normalized spacial score (nSPS) is 14.7. The van der Waals surface area contributed by atoms with Crippen molar-refractivity contribution in [3.63, 3.8) is 0 Å². The number of benzene rings is 1. The molecule has 1 saturated carbocycles. The number of hydrogen-bond donors (Lipinski definition) is 1. The van der Waals surface area contributed by atoms with Gasteiger partial charge in [0.25, 0.3) is 0 Å². The van der Waals surface area contributed by atoms with Gasteiger partial charge in [-0.25, -0.2) is 14.8 Å². The van der Waals surface area contributed by atoms with Crippen LogP contribution in [0.1, 0.15) is 52.9 Å². The molecule has 2 heterocycles. The largest absolute Gasteiger partial charge is 0.495 e. The first-order valence-electron chi connectivity index (χ1n) is 10.0. The van der Waals surface area contributed by atoms with E-state index in [0.717, 1.165) is 52.7 Å². The van der Waals surface area contributed by atoms with E-state index >= 15 is 0 Å². The molecule has 1 N–H and O–H groups in total. The molecule has 8 heteroatoms. The first-order chi connectivity index (χ1) is 14.5. The molecule has 2 aromatic heterocycles. The molecular weight excluding hydrogens is 422 g/mol. The third-order valence-corrected chi connectivity index (χ3v) is 7.06. The second kappa shape index (κ2) is 8.78. The lowest BCUT2D eigenvalue weighted by Gasteiger charge is -2.21. The van der Waals surface area contributed by atoms with E-state index in [4.69, 9.17) is 21.1 Å². The predicted molar refractivity (Wildman–Crippen MR) is 120 cm³/mol. The number of ether oxygens (including phenoxy) is 2. The predicted octanol–water partition coefficient (Wildman–Crippen LogP) is 6.20. The van der Waals surface area contributed by atoms with Crippen LogP contribution in [0.3, 0.4) is 0 Å². The molecule has 4 rings (SSSR count). The van der Waals surface area contributed by atoms with Gasteiger partial charge >= 0.3 is 5.97 Å². The van der Waals surface area contributed by atoms with Crippen molar-refractivity contribution in [1.82, 2.24) is 9.97 Å². The van der Waals surface area contributed by atoms with Crippen LogP contribution in [0.15, 0.2) is 18.5 Å². The molecule has 1 aliphatic rings. The van der Waals surface area contributed by atoms with Gasteiger partial charge in [0.2, 0.25) is 0 Å². The molecule has 0 bridgehead atoms. The zero-order chi connectivity index (χ0) is 21.3. The van der Waals surface area contributed by atoms with Gasteiger partial charge < -0.3 is 14.8 Å². The summed E-state index contributed by atoms with van der Waals surface area (Å²) >= 11 is 7.57. The number of carbonyl (C=O) groups is 1. The molecule has 0 spiro atoms. The smallest absolute Gasteiger partial charge is 0.348 e. The average Bonchev–Trinajstić information content (AvgIpc) is 3.09. The lowest BCUT2D eigenvalue weighted by Crippen LogP contribution is -2.20. The number of fused-ring (bicyclic) bond motifs is 1. The maximum absolute atomic E-state index is 12.8. The van der Waals surface area contributed by atoms with Crippen LogP contribution < -0.4 is 10.1 Å². The van der Waals surface area contributed by atoms with Crippen molar-refractivity contribution in [2.75, 3.05) is 12.4 Å². The number of rotatable bonds is 5. The minimum Gasteiger partial charge on any atom is -0.495 e. The molecule has 0 unspecified atom stereocenters. The third kappa shape index (κ3) is 4.09. The van der Waals surface area contributed by atoms with E-state index in [0.29, 0.717) is 21.5 Å². The molecule has 0 amide bonds. The highest BCUT2D eigenvalue weighted by Crippen LogP contribution is 2.38. The molecule has 1 aliphatic carbocycles. The summed E-state index contributed by atoms with van der Waals surface area (Å²) < 4.78 is 11.2. The van der Waals surface area contributed by atoms with Gasteiger partial charge in [-0.15, -0.1) is 11.3 Å². The Kier molecular flexibility index (Phi) is 6.11. The Morgan fingerprint density at radius 3 is 2.70 bits per heavy atom. The summed E-state index contributed by atoms with van der Waals surface area (Å²) in [5.74, 6) is 0.959. The minimum absolute atomic E-state index is 0.0147. The molecule has 0 saturated heterocycles. The van der Waals surface area contributed by atoms with E-state index in [-0.39, 0.29) is 12.1 Å². The molecule has 3 aromatic rings. The van der Waals surface area contributed by atoms with E-state index < -0.39 is 0 Å². The van der Waals surface area contributed by atoms with Crippen LogP contribution in [-0.2, 0) is 4.74 Å². The number of esters is 1. The fourth-order valence-electron chi connectivity index (χ4n) is 3.81. The number of anilines is 2. The molecule has 158 valence electrons. The van der Waals surface area contributed by atoms with Crippen molar-refractivity contribution >= 4 is 50.6 Å². The highest BCUT2D eigenvalue weighted by atomic mass is 35.5. The molecule has 0 atom stereocenters. The summed E-state index contributed by atoms with van der Waals surface area (Å²) in [6.45, 7) is 3.84. The fraction of sp³-hybridized carbons (Fsp3) is 0.409. The zero-order valence-electron chi connectivity index (χ0n) is 17.3. The Morgan fingerprint density at radius 2 is 1.97 bits per heavy atom. The maximum Gasteiger partial charge on any atom is 0.348 e. The van der Waals surface area contributed by atoms with Crippen molar-refractivity contribution in [3.8, 4) is 5.75 Å². The van der Waals surface area contributed by atoms with Gasteiger partial charge in [-0.05, 0) is 56.7 Å². The van der Waals surface area contributed by atoms with Gasteiger partial charge in [0.05, 0.1) is 18.2 Å². The van der Waals surface area contributed by atoms with E-state index in [1.165, 1.54) is 24.1 Å². The third-order valence-electron chi connectivity index (χ3n) is 5.47. The number of halogens is 1. The highest BCUT2D eigenvalue weighted by molar-refractivity contribution is 7.20.